The lowest BCUT2D eigenvalue weighted by atomic mass is 10.3. The molecule has 0 unspecified atom stereocenters. The molecule has 1 aromatic rings. The smallest absolute Gasteiger partial charge is 0.270 e. The van der Waals surface area contributed by atoms with Gasteiger partial charge < -0.3 is 5.32 Å². The van der Waals surface area contributed by atoms with Crippen LogP contribution in [0, 0.1) is 0 Å². The highest BCUT2D eigenvalue weighted by atomic mass is 35.7. The number of amides is 1. The molecule has 0 aliphatic rings. The minimum atomic E-state index is -3.84. The highest BCUT2D eigenvalue weighted by molar-refractivity contribution is 8.15. The van der Waals surface area contributed by atoms with Crippen LogP contribution in [0.5, 0.6) is 0 Å². The van der Waals surface area contributed by atoms with Gasteiger partial charge in [0.25, 0.3) is 15.0 Å². The van der Waals surface area contributed by atoms with Crippen LogP contribution in [0.1, 0.15) is 10.4 Å². The van der Waals surface area contributed by atoms with Gasteiger partial charge >= 0.3 is 0 Å². The summed E-state index contributed by atoms with van der Waals surface area (Å²) in [6.45, 7) is -0.0313. The van der Waals surface area contributed by atoms with E-state index in [4.69, 9.17) is 10.7 Å². The van der Waals surface area contributed by atoms with E-state index in [1.807, 2.05) is 0 Å². The first kappa shape index (κ1) is 15.4. The largest absolute Gasteiger partial charge is 0.351 e. The predicted molar refractivity (Wildman–Crippen MR) is 69.4 cm³/mol. The van der Waals surface area contributed by atoms with Crippen molar-refractivity contribution in [1.82, 2.24) is 5.32 Å². The molecule has 1 amide bonds. The fraction of sp³-hybridized carbons (Fsp3) is 0.375. The zero-order chi connectivity index (χ0) is 14.0. The van der Waals surface area contributed by atoms with Crippen molar-refractivity contribution in [2.75, 3.05) is 18.6 Å². The first-order valence-electron chi connectivity index (χ1n) is 4.59. The van der Waals surface area contributed by atoms with E-state index in [1.54, 1.807) is 0 Å². The van der Waals surface area contributed by atoms with Crippen molar-refractivity contribution in [3.63, 3.8) is 0 Å². The molecule has 0 bridgehead atoms. The lowest BCUT2D eigenvalue weighted by Crippen LogP contribution is -2.28. The number of carbonyl (C=O) groups is 1. The van der Waals surface area contributed by atoms with Gasteiger partial charge in [0.2, 0.25) is 0 Å². The Bertz CT molecular complexity index is 646. The van der Waals surface area contributed by atoms with Gasteiger partial charge in [-0.2, -0.15) is 0 Å². The Balaban J connectivity index is 2.66. The molecule has 6 nitrogen and oxygen atoms in total. The van der Waals surface area contributed by atoms with Crippen LogP contribution in [-0.2, 0) is 18.9 Å². The Hall–Kier alpha value is -0.640. The second-order valence-corrected chi connectivity index (χ2v) is 9.44. The molecule has 0 saturated carbocycles. The number of sulfone groups is 1. The maximum absolute atomic E-state index is 11.5. The van der Waals surface area contributed by atoms with Gasteiger partial charge in [0.1, 0.15) is 14.0 Å². The normalized spacial score (nSPS) is 12.3. The molecule has 102 valence electrons. The van der Waals surface area contributed by atoms with Crippen molar-refractivity contribution in [1.29, 1.82) is 0 Å². The fourth-order valence-corrected chi connectivity index (χ4v) is 3.43. The Morgan fingerprint density at radius 3 is 2.44 bits per heavy atom. The third kappa shape index (κ3) is 4.92. The van der Waals surface area contributed by atoms with Crippen molar-refractivity contribution in [2.45, 2.75) is 4.21 Å². The van der Waals surface area contributed by atoms with Crippen LogP contribution >= 0.6 is 22.0 Å². The minimum absolute atomic E-state index is 0.0313. The molecule has 1 aromatic heterocycles. The molecule has 1 heterocycles. The van der Waals surface area contributed by atoms with Crippen LogP contribution in [-0.4, -0.2) is 41.3 Å². The number of hydrogen-bond acceptors (Lipinski definition) is 6. The second kappa shape index (κ2) is 5.55. The van der Waals surface area contributed by atoms with Gasteiger partial charge in [-0.3, -0.25) is 4.79 Å². The third-order valence-electron chi connectivity index (χ3n) is 1.84. The molecule has 0 saturated heterocycles. The average Bonchev–Trinajstić information content (AvgIpc) is 2.62. The number of thiophene rings is 1. The summed E-state index contributed by atoms with van der Waals surface area (Å²) in [7, 11) is -1.88. The molecule has 0 aromatic carbocycles. The van der Waals surface area contributed by atoms with E-state index in [0.717, 1.165) is 23.7 Å². The standard InChI is InChI=1S/C8H10ClNO5S3/c1-17(12,13)3-2-10-8(11)6-4-7(16-5-6)18(9,14)15/h4-5H,2-3H2,1H3,(H,10,11). The molecule has 0 spiro atoms. The van der Waals surface area contributed by atoms with Crippen molar-refractivity contribution >= 4 is 46.8 Å². The second-order valence-electron chi connectivity index (χ2n) is 3.48. The SMILES string of the molecule is CS(=O)(=O)CCNC(=O)c1csc(S(=O)(=O)Cl)c1. The summed E-state index contributed by atoms with van der Waals surface area (Å²) in [4.78, 5) is 11.5. The zero-order valence-electron chi connectivity index (χ0n) is 9.21. The van der Waals surface area contributed by atoms with Gasteiger partial charge in [-0.1, -0.05) is 0 Å². The first-order chi connectivity index (χ1) is 8.09. The van der Waals surface area contributed by atoms with Crippen LogP contribution in [0.4, 0.5) is 0 Å². The summed E-state index contributed by atoms with van der Waals surface area (Å²) in [6, 6.07) is 1.14. The van der Waals surface area contributed by atoms with E-state index in [-0.39, 0.29) is 22.1 Å². The van der Waals surface area contributed by atoms with Crippen LogP contribution in [0.2, 0.25) is 0 Å². The summed E-state index contributed by atoms with van der Waals surface area (Å²) < 4.78 is 43.5. The maximum atomic E-state index is 11.5. The lowest BCUT2D eigenvalue weighted by molar-refractivity contribution is 0.0956. The fourth-order valence-electron chi connectivity index (χ4n) is 1.02. The third-order valence-corrected chi connectivity index (χ3v) is 5.82. The molecule has 0 radical (unpaired) electrons. The highest BCUT2D eigenvalue weighted by Crippen LogP contribution is 2.23. The molecule has 18 heavy (non-hydrogen) atoms. The number of nitrogens with one attached hydrogen (secondary N) is 1. The van der Waals surface area contributed by atoms with Gasteiger partial charge in [-0.15, -0.1) is 11.3 Å². The Kier molecular flexibility index (Phi) is 4.76. The molecule has 0 aliphatic heterocycles. The Labute approximate surface area is 113 Å². The van der Waals surface area contributed by atoms with Gasteiger partial charge in [0, 0.05) is 28.9 Å². The average molecular weight is 332 g/mol. The Morgan fingerprint density at radius 1 is 1.39 bits per heavy atom. The summed E-state index contributed by atoms with van der Waals surface area (Å²) in [5, 5.41) is 3.71. The predicted octanol–water partition coefficient (Wildman–Crippen LogP) is 0.450. The van der Waals surface area contributed by atoms with Crippen LogP contribution < -0.4 is 5.32 Å². The monoisotopic (exact) mass is 331 g/mol. The highest BCUT2D eigenvalue weighted by Gasteiger charge is 2.16. The summed E-state index contributed by atoms with van der Waals surface area (Å²) in [6.07, 6.45) is 1.06. The minimum Gasteiger partial charge on any atom is -0.351 e. The molecule has 1 rings (SSSR count). The van der Waals surface area contributed by atoms with E-state index < -0.39 is 24.8 Å². The quantitative estimate of drug-likeness (QED) is 0.790. The summed E-state index contributed by atoms with van der Waals surface area (Å²) in [5.41, 5.74) is 0.132. The number of hydrogen-bond donors (Lipinski definition) is 1. The van der Waals surface area contributed by atoms with Crippen molar-refractivity contribution < 1.29 is 21.6 Å². The summed E-state index contributed by atoms with van der Waals surface area (Å²) >= 11 is 0.825. The van der Waals surface area contributed by atoms with E-state index >= 15 is 0 Å². The van der Waals surface area contributed by atoms with E-state index in [1.165, 1.54) is 5.38 Å². The van der Waals surface area contributed by atoms with Gasteiger partial charge in [0.15, 0.2) is 0 Å². The van der Waals surface area contributed by atoms with Gasteiger partial charge in [-0.05, 0) is 6.07 Å². The molecule has 0 fully saturated rings. The summed E-state index contributed by atoms with van der Waals surface area (Å²) in [5.74, 6) is -0.717. The number of rotatable bonds is 5. The lowest BCUT2D eigenvalue weighted by Gasteiger charge is -2.01. The molecular weight excluding hydrogens is 322 g/mol. The first-order valence-corrected chi connectivity index (χ1v) is 9.84. The molecule has 1 N–H and O–H groups in total. The van der Waals surface area contributed by atoms with E-state index in [9.17, 15) is 21.6 Å². The van der Waals surface area contributed by atoms with Gasteiger partial charge in [0.05, 0.1) is 11.3 Å². The van der Waals surface area contributed by atoms with Crippen molar-refractivity contribution in [2.24, 2.45) is 0 Å². The molecule has 0 atom stereocenters. The number of carbonyl (C=O) groups excluding carboxylic acids is 1. The molecular formula is C8H10ClNO5S3. The number of halogens is 1. The van der Waals surface area contributed by atoms with Crippen LogP contribution in [0.3, 0.4) is 0 Å². The van der Waals surface area contributed by atoms with E-state index in [2.05, 4.69) is 5.32 Å². The van der Waals surface area contributed by atoms with E-state index in [0.29, 0.717) is 0 Å². The molecule has 10 heteroatoms. The topological polar surface area (TPSA) is 97.4 Å². The van der Waals surface area contributed by atoms with Crippen LogP contribution in [0.15, 0.2) is 15.7 Å². The van der Waals surface area contributed by atoms with Gasteiger partial charge in [-0.25, -0.2) is 16.8 Å². The molecule has 0 aliphatic carbocycles. The van der Waals surface area contributed by atoms with Crippen molar-refractivity contribution in [3.05, 3.63) is 17.0 Å². The van der Waals surface area contributed by atoms with Crippen molar-refractivity contribution in [3.8, 4) is 0 Å². The van der Waals surface area contributed by atoms with Crippen LogP contribution in [0.25, 0.3) is 0 Å². The Morgan fingerprint density at radius 2 is 2.00 bits per heavy atom. The maximum Gasteiger partial charge on any atom is 0.270 e. The zero-order valence-corrected chi connectivity index (χ0v) is 12.4.